The molecule has 0 spiro atoms. The van der Waals surface area contributed by atoms with Gasteiger partial charge in [0.25, 0.3) is 0 Å². The van der Waals surface area contributed by atoms with Gasteiger partial charge in [-0.15, -0.1) is 10.2 Å². The summed E-state index contributed by atoms with van der Waals surface area (Å²) in [6, 6.07) is 8.45. The van der Waals surface area contributed by atoms with Crippen LogP contribution in [-0.2, 0) is 6.42 Å². The van der Waals surface area contributed by atoms with Crippen molar-refractivity contribution in [2.45, 2.75) is 32.7 Å². The molecule has 2 heterocycles. The summed E-state index contributed by atoms with van der Waals surface area (Å²) in [6.45, 7) is 6.16. The van der Waals surface area contributed by atoms with E-state index in [1.165, 1.54) is 17.2 Å². The predicted molar refractivity (Wildman–Crippen MR) is 91.9 cm³/mol. The maximum Gasteiger partial charge on any atom is 0.201 e. The van der Waals surface area contributed by atoms with Crippen LogP contribution in [0.25, 0.3) is 11.0 Å². The van der Waals surface area contributed by atoms with Crippen LogP contribution >= 0.6 is 0 Å². The zero-order valence-corrected chi connectivity index (χ0v) is 14.1. The zero-order chi connectivity index (χ0) is 17.8. The second-order valence-corrected chi connectivity index (χ2v) is 6.92. The molecule has 1 aliphatic rings. The topological polar surface area (TPSA) is 51.0 Å². The van der Waals surface area contributed by atoms with Crippen LogP contribution in [0.15, 0.2) is 35.3 Å². The van der Waals surface area contributed by atoms with Crippen molar-refractivity contribution < 1.29 is 8.78 Å². The Morgan fingerprint density at radius 3 is 2.64 bits per heavy atom. The minimum Gasteiger partial charge on any atom is -0.274 e. The van der Waals surface area contributed by atoms with Gasteiger partial charge in [-0.05, 0) is 50.5 Å². The van der Waals surface area contributed by atoms with Gasteiger partial charge in [0.1, 0.15) is 5.71 Å². The maximum absolute atomic E-state index is 13.8. The molecule has 0 aliphatic carbocycles. The minimum absolute atomic E-state index is 0.177. The summed E-state index contributed by atoms with van der Waals surface area (Å²) in [4.78, 5) is 9.18. The van der Waals surface area contributed by atoms with Gasteiger partial charge < -0.3 is 0 Å². The Morgan fingerprint density at radius 2 is 1.84 bits per heavy atom. The number of nitrogens with zero attached hydrogens (tertiary/aromatic N) is 4. The van der Waals surface area contributed by atoms with Crippen LogP contribution in [0.1, 0.15) is 36.4 Å². The van der Waals surface area contributed by atoms with Crippen molar-refractivity contribution >= 4 is 16.7 Å². The van der Waals surface area contributed by atoms with E-state index in [2.05, 4.69) is 28.2 Å². The fourth-order valence-corrected chi connectivity index (χ4v) is 3.21. The van der Waals surface area contributed by atoms with E-state index in [9.17, 15) is 8.78 Å². The second-order valence-electron chi connectivity index (χ2n) is 6.92. The molecule has 0 amide bonds. The lowest BCUT2D eigenvalue weighted by molar-refractivity contribution is 0.510. The number of halogens is 2. The Kier molecular flexibility index (Phi) is 3.39. The van der Waals surface area contributed by atoms with Gasteiger partial charge in [0.05, 0.1) is 11.1 Å². The number of rotatable bonds is 1. The lowest BCUT2D eigenvalue weighted by Crippen LogP contribution is -2.31. The Labute approximate surface area is 143 Å². The standard InChI is InChI=1S/C19H16F2N4/c1-10-5-4-6-11-12(10)9-19(2,3)23-16(11)18-22-14-8-7-13(20)15(21)17(14)24-25-18/h4-8H,9H2,1-3H3. The van der Waals surface area contributed by atoms with Crippen LogP contribution in [0.5, 0.6) is 0 Å². The van der Waals surface area contributed by atoms with Crippen molar-refractivity contribution in [3.8, 4) is 0 Å². The Bertz CT molecular complexity index is 1040. The summed E-state index contributed by atoms with van der Waals surface area (Å²) in [7, 11) is 0. The number of aromatic nitrogens is 3. The highest BCUT2D eigenvalue weighted by atomic mass is 19.2. The van der Waals surface area contributed by atoms with Crippen molar-refractivity contribution in [3.63, 3.8) is 0 Å². The molecule has 2 aromatic carbocycles. The quantitative estimate of drug-likeness (QED) is 0.678. The van der Waals surface area contributed by atoms with Gasteiger partial charge in [-0.25, -0.2) is 13.8 Å². The Balaban J connectivity index is 1.94. The van der Waals surface area contributed by atoms with E-state index in [-0.39, 0.29) is 16.6 Å². The molecular weight excluding hydrogens is 322 g/mol. The minimum atomic E-state index is -1.04. The molecule has 126 valence electrons. The number of benzene rings is 2. The molecule has 0 saturated carbocycles. The smallest absolute Gasteiger partial charge is 0.201 e. The molecule has 1 aliphatic heterocycles. The third-order valence-electron chi connectivity index (χ3n) is 4.42. The molecule has 0 saturated heterocycles. The number of hydrogen-bond acceptors (Lipinski definition) is 4. The first-order valence-electron chi connectivity index (χ1n) is 8.03. The van der Waals surface area contributed by atoms with Gasteiger partial charge in [0.15, 0.2) is 17.2 Å². The van der Waals surface area contributed by atoms with Gasteiger partial charge >= 0.3 is 0 Å². The molecular formula is C19H16F2N4. The van der Waals surface area contributed by atoms with Gasteiger partial charge in [0, 0.05) is 5.56 Å². The van der Waals surface area contributed by atoms with Gasteiger partial charge in [0.2, 0.25) is 5.82 Å². The first kappa shape index (κ1) is 15.7. The normalized spacial score (nSPS) is 15.8. The summed E-state index contributed by atoms with van der Waals surface area (Å²) in [6.07, 6.45) is 0.819. The molecule has 3 aromatic rings. The van der Waals surface area contributed by atoms with E-state index in [4.69, 9.17) is 4.99 Å². The SMILES string of the molecule is Cc1cccc2c1CC(C)(C)N=C2c1nnc2c(F)c(F)ccc2n1. The molecule has 0 N–H and O–H groups in total. The van der Waals surface area contributed by atoms with E-state index in [1.54, 1.807) is 0 Å². The van der Waals surface area contributed by atoms with Crippen LogP contribution in [-0.4, -0.2) is 26.4 Å². The maximum atomic E-state index is 13.8. The molecule has 4 nitrogen and oxygen atoms in total. The summed E-state index contributed by atoms with van der Waals surface area (Å²) in [5.74, 6) is -1.68. The fraction of sp³-hybridized carbons (Fsp3) is 0.263. The van der Waals surface area contributed by atoms with Gasteiger partial charge in [-0.2, -0.15) is 0 Å². The lowest BCUT2D eigenvalue weighted by atomic mass is 9.84. The monoisotopic (exact) mass is 338 g/mol. The summed E-state index contributed by atoms with van der Waals surface area (Å²) < 4.78 is 27.2. The highest BCUT2D eigenvalue weighted by Crippen LogP contribution is 2.30. The van der Waals surface area contributed by atoms with Gasteiger partial charge in [-0.3, -0.25) is 4.99 Å². The third-order valence-corrected chi connectivity index (χ3v) is 4.42. The molecule has 25 heavy (non-hydrogen) atoms. The highest BCUT2D eigenvalue weighted by Gasteiger charge is 2.30. The molecule has 0 radical (unpaired) electrons. The second kappa shape index (κ2) is 5.37. The summed E-state index contributed by atoms with van der Waals surface area (Å²) in [5, 5.41) is 7.88. The molecule has 4 rings (SSSR count). The Hall–Kier alpha value is -2.76. The van der Waals surface area contributed by atoms with Crippen molar-refractivity contribution in [2.75, 3.05) is 0 Å². The molecule has 6 heteroatoms. The number of aryl methyl sites for hydroxylation is 1. The number of fused-ring (bicyclic) bond motifs is 2. The highest BCUT2D eigenvalue weighted by molar-refractivity contribution is 6.12. The van der Waals surface area contributed by atoms with E-state index >= 15 is 0 Å². The zero-order valence-electron chi connectivity index (χ0n) is 14.1. The van der Waals surface area contributed by atoms with E-state index in [0.717, 1.165) is 18.1 Å². The van der Waals surface area contributed by atoms with Crippen LogP contribution in [0, 0.1) is 18.6 Å². The number of aliphatic imine (C=N–C) groups is 1. The third kappa shape index (κ3) is 2.58. The van der Waals surface area contributed by atoms with Crippen molar-refractivity contribution in [2.24, 2.45) is 4.99 Å². The van der Waals surface area contributed by atoms with Crippen LogP contribution in [0.3, 0.4) is 0 Å². The van der Waals surface area contributed by atoms with Crippen molar-refractivity contribution in [1.82, 2.24) is 15.2 Å². The van der Waals surface area contributed by atoms with Crippen molar-refractivity contribution in [3.05, 3.63) is 64.5 Å². The van der Waals surface area contributed by atoms with Crippen LogP contribution in [0.4, 0.5) is 8.78 Å². The molecule has 0 bridgehead atoms. The first-order chi connectivity index (χ1) is 11.9. The average Bonchev–Trinajstić information content (AvgIpc) is 2.58. The lowest BCUT2D eigenvalue weighted by Gasteiger charge is -2.29. The van der Waals surface area contributed by atoms with E-state index in [1.807, 2.05) is 26.0 Å². The average molecular weight is 338 g/mol. The van der Waals surface area contributed by atoms with Gasteiger partial charge in [-0.1, -0.05) is 18.2 Å². The van der Waals surface area contributed by atoms with E-state index in [0.29, 0.717) is 11.5 Å². The molecule has 1 aromatic heterocycles. The largest absolute Gasteiger partial charge is 0.274 e. The Morgan fingerprint density at radius 1 is 1.04 bits per heavy atom. The number of hydrogen-bond donors (Lipinski definition) is 0. The van der Waals surface area contributed by atoms with Crippen LogP contribution in [0.2, 0.25) is 0 Å². The molecule has 0 fully saturated rings. The van der Waals surface area contributed by atoms with Crippen LogP contribution < -0.4 is 0 Å². The molecule has 0 atom stereocenters. The summed E-state index contributed by atoms with van der Waals surface area (Å²) >= 11 is 0. The van der Waals surface area contributed by atoms with Crippen molar-refractivity contribution in [1.29, 1.82) is 0 Å². The fourth-order valence-electron chi connectivity index (χ4n) is 3.21. The predicted octanol–water partition coefficient (Wildman–Crippen LogP) is 3.78. The van der Waals surface area contributed by atoms with E-state index < -0.39 is 11.6 Å². The summed E-state index contributed by atoms with van der Waals surface area (Å²) in [5.41, 5.74) is 3.75. The first-order valence-corrected chi connectivity index (χ1v) is 8.03. The molecule has 0 unspecified atom stereocenters.